The first kappa shape index (κ1) is 45.2. The van der Waals surface area contributed by atoms with Crippen molar-refractivity contribution < 1.29 is 25.5 Å². The standard InChI is InChI=1S/C61H42N2O5S.C3H6/c1-3-35(4-2)36-24-28-41(29-25-36)62(42-30-26-38(27-31-42)53-56(64)58(66)60(68)59(67)57(53)65)51-34-40(33-48-45-19-10-12-23-52(45)69-61(48)51)47-32-39-15-6-8-18-44(39)54-46-20-9-11-21-50(46)63(55(47)54)49-22-13-16-37-14-5-7-17-43(37)49;1-3-2/h3-34,64-68H,1H2,2H3;3H,1H2,2H3/b35-4+;. The molecule has 0 amide bonds. The van der Waals surface area contributed by atoms with Crippen molar-refractivity contribution in [2.75, 3.05) is 4.90 Å². The predicted molar refractivity (Wildman–Crippen MR) is 302 cm³/mol. The summed E-state index contributed by atoms with van der Waals surface area (Å²) in [6.07, 6.45) is 5.63. The van der Waals surface area contributed by atoms with Crippen LogP contribution in [-0.2, 0) is 0 Å². The lowest BCUT2D eigenvalue weighted by molar-refractivity contribution is 0.330. The molecule has 0 saturated heterocycles. The molecule has 0 radical (unpaired) electrons. The molecule has 0 unspecified atom stereocenters. The van der Waals surface area contributed by atoms with E-state index >= 15 is 0 Å². The fraction of sp³-hybridized carbons (Fsp3) is 0.0312. The maximum atomic E-state index is 10.9. The van der Waals surface area contributed by atoms with Gasteiger partial charge in [0.2, 0.25) is 17.2 Å². The quantitative estimate of drug-likeness (QED) is 0.0449. The molecule has 12 aromatic rings. The topological polar surface area (TPSA) is 109 Å². The van der Waals surface area contributed by atoms with E-state index in [1.54, 1.807) is 29.5 Å². The molecule has 0 spiro atoms. The minimum atomic E-state index is -1.01. The Morgan fingerprint density at radius 3 is 1.78 bits per heavy atom. The molecule has 0 aliphatic rings. The number of rotatable bonds is 8. The van der Waals surface area contributed by atoms with E-state index in [1.165, 1.54) is 10.8 Å². The summed E-state index contributed by atoms with van der Waals surface area (Å²) in [7, 11) is 0. The second-order valence-corrected chi connectivity index (χ2v) is 18.6. The van der Waals surface area contributed by atoms with Crippen LogP contribution in [0, 0.1) is 0 Å². The number of hydrogen-bond donors (Lipinski definition) is 5. The average molecular weight is 957 g/mol. The van der Waals surface area contributed by atoms with Crippen molar-refractivity contribution in [1.82, 2.24) is 4.57 Å². The van der Waals surface area contributed by atoms with Crippen molar-refractivity contribution in [2.45, 2.75) is 13.8 Å². The Hall–Kier alpha value is -9.24. The van der Waals surface area contributed by atoms with Crippen LogP contribution >= 0.6 is 11.3 Å². The van der Waals surface area contributed by atoms with Crippen LogP contribution in [-0.4, -0.2) is 30.1 Å². The van der Waals surface area contributed by atoms with Gasteiger partial charge >= 0.3 is 0 Å². The van der Waals surface area contributed by atoms with Crippen LogP contribution < -0.4 is 4.90 Å². The smallest absolute Gasteiger partial charge is 0.208 e. The molecule has 12 rings (SSSR count). The number of benzene rings is 10. The van der Waals surface area contributed by atoms with Crippen LogP contribution in [0.1, 0.15) is 19.4 Å². The number of thiophene rings is 1. The Balaban J connectivity index is 0.00000182. The van der Waals surface area contributed by atoms with E-state index in [-0.39, 0.29) is 5.56 Å². The van der Waals surface area contributed by atoms with Crippen molar-refractivity contribution in [3.05, 3.63) is 219 Å². The van der Waals surface area contributed by atoms with E-state index in [0.717, 1.165) is 97.8 Å². The first-order valence-electron chi connectivity index (χ1n) is 23.6. The normalized spacial score (nSPS) is 11.7. The largest absolute Gasteiger partial charge is 0.504 e. The Kier molecular flexibility index (Phi) is 11.5. The van der Waals surface area contributed by atoms with Gasteiger partial charge in [0.05, 0.1) is 32.7 Å². The van der Waals surface area contributed by atoms with Gasteiger partial charge in [0.15, 0.2) is 11.5 Å². The highest BCUT2D eigenvalue weighted by molar-refractivity contribution is 7.26. The zero-order chi connectivity index (χ0) is 49.8. The summed E-state index contributed by atoms with van der Waals surface area (Å²) >= 11 is 1.73. The third-order valence-electron chi connectivity index (χ3n) is 13.5. The Bertz CT molecular complexity index is 4130. The zero-order valence-corrected chi connectivity index (χ0v) is 40.3. The molecule has 0 saturated carbocycles. The van der Waals surface area contributed by atoms with Crippen LogP contribution in [0.4, 0.5) is 17.1 Å². The lowest BCUT2D eigenvalue weighted by Gasteiger charge is -2.27. The number of nitrogens with zero attached hydrogens (tertiary/aromatic N) is 2. The molecular formula is C64H48N2O5S. The summed E-state index contributed by atoms with van der Waals surface area (Å²) < 4.78 is 4.66. The number of aromatic nitrogens is 1. The van der Waals surface area contributed by atoms with E-state index in [4.69, 9.17) is 0 Å². The number of aromatic hydroxyl groups is 5. The van der Waals surface area contributed by atoms with Gasteiger partial charge in [-0.15, -0.1) is 17.9 Å². The van der Waals surface area contributed by atoms with Crippen molar-refractivity contribution >= 4 is 97.5 Å². The molecule has 8 heteroatoms. The van der Waals surface area contributed by atoms with E-state index in [0.29, 0.717) is 5.56 Å². The van der Waals surface area contributed by atoms with Gasteiger partial charge in [0.1, 0.15) is 0 Å². The van der Waals surface area contributed by atoms with E-state index in [9.17, 15) is 25.5 Å². The lowest BCUT2D eigenvalue weighted by atomic mass is 9.94. The maximum Gasteiger partial charge on any atom is 0.208 e. The van der Waals surface area contributed by atoms with Crippen LogP contribution in [0.2, 0.25) is 0 Å². The molecule has 350 valence electrons. The van der Waals surface area contributed by atoms with Gasteiger partial charge in [-0.25, -0.2) is 0 Å². The van der Waals surface area contributed by atoms with Crippen LogP contribution in [0.3, 0.4) is 0 Å². The predicted octanol–water partition coefficient (Wildman–Crippen LogP) is 17.6. The van der Waals surface area contributed by atoms with Gasteiger partial charge in [-0.3, -0.25) is 0 Å². The molecule has 0 bridgehead atoms. The molecule has 72 heavy (non-hydrogen) atoms. The highest BCUT2D eigenvalue weighted by Gasteiger charge is 2.27. The number of phenolic OH excluding ortho intramolecular Hbond substituents is 5. The second kappa shape index (κ2) is 18.3. The summed E-state index contributed by atoms with van der Waals surface area (Å²) in [4.78, 5) is 2.22. The van der Waals surface area contributed by atoms with Gasteiger partial charge in [-0.05, 0) is 113 Å². The van der Waals surface area contributed by atoms with Crippen molar-refractivity contribution in [1.29, 1.82) is 0 Å². The Labute approximate surface area is 419 Å². The van der Waals surface area contributed by atoms with Crippen molar-refractivity contribution in [3.8, 4) is 56.7 Å². The monoisotopic (exact) mass is 956 g/mol. The summed E-state index contributed by atoms with van der Waals surface area (Å²) in [5.41, 5.74) is 10.1. The molecule has 2 heterocycles. The van der Waals surface area contributed by atoms with Gasteiger partial charge < -0.3 is 35.0 Å². The fourth-order valence-electron chi connectivity index (χ4n) is 10.2. The Morgan fingerprint density at radius 1 is 0.528 bits per heavy atom. The molecule has 0 aliphatic heterocycles. The van der Waals surface area contributed by atoms with Gasteiger partial charge in [0, 0.05) is 48.6 Å². The third kappa shape index (κ3) is 7.27. The summed E-state index contributed by atoms with van der Waals surface area (Å²) in [5.74, 6) is -4.39. The number of fused-ring (bicyclic) bond motifs is 9. The van der Waals surface area contributed by atoms with E-state index in [2.05, 4.69) is 180 Å². The van der Waals surface area contributed by atoms with Crippen molar-refractivity contribution in [3.63, 3.8) is 0 Å². The van der Waals surface area contributed by atoms with E-state index in [1.807, 2.05) is 38.1 Å². The summed E-state index contributed by atoms with van der Waals surface area (Å²) in [6, 6.07) is 63.4. The number of hydrogen-bond acceptors (Lipinski definition) is 7. The van der Waals surface area contributed by atoms with Crippen LogP contribution in [0.15, 0.2) is 213 Å². The van der Waals surface area contributed by atoms with Gasteiger partial charge in [-0.1, -0.05) is 146 Å². The highest BCUT2D eigenvalue weighted by Crippen LogP contribution is 2.56. The summed E-state index contributed by atoms with van der Waals surface area (Å²) in [5, 5.41) is 62.2. The number of para-hydroxylation sites is 1. The van der Waals surface area contributed by atoms with Gasteiger partial charge in [-0.2, -0.15) is 0 Å². The molecule has 0 aliphatic carbocycles. The first-order chi connectivity index (χ1) is 35.1. The Morgan fingerprint density at radius 2 is 1.10 bits per heavy atom. The zero-order valence-electron chi connectivity index (χ0n) is 39.5. The summed E-state index contributed by atoms with van der Waals surface area (Å²) in [6.45, 7) is 11.3. The van der Waals surface area contributed by atoms with Crippen LogP contribution in [0.5, 0.6) is 28.7 Å². The number of anilines is 3. The van der Waals surface area contributed by atoms with Crippen molar-refractivity contribution in [2.24, 2.45) is 0 Å². The highest BCUT2D eigenvalue weighted by atomic mass is 32.1. The van der Waals surface area contributed by atoms with Gasteiger partial charge in [0.25, 0.3) is 0 Å². The van der Waals surface area contributed by atoms with Crippen LogP contribution in [0.25, 0.3) is 97.0 Å². The second-order valence-electron chi connectivity index (χ2n) is 17.6. The fourth-order valence-corrected chi connectivity index (χ4v) is 11.4. The third-order valence-corrected chi connectivity index (χ3v) is 14.7. The molecule has 0 fully saturated rings. The minimum absolute atomic E-state index is 0.218. The molecular weight excluding hydrogens is 909 g/mol. The molecule has 2 aromatic heterocycles. The molecule has 5 N–H and O–H groups in total. The lowest BCUT2D eigenvalue weighted by Crippen LogP contribution is -2.10. The SMILES string of the molecule is C=C/C(=C\C)c1ccc(N(c2ccc(-c3c(O)c(O)c(O)c(O)c3O)cc2)c2cc(-c3cc4ccccc4c4c5ccccc5n(-c5cccc6ccccc56)c34)cc3c2sc2ccccc23)cc1.C=CC. The first-order valence-corrected chi connectivity index (χ1v) is 24.4. The number of allylic oxidation sites excluding steroid dienone is 4. The molecule has 10 aromatic carbocycles. The number of phenols is 5. The molecule has 0 atom stereocenters. The minimum Gasteiger partial charge on any atom is -0.504 e. The maximum absolute atomic E-state index is 10.9. The molecule has 7 nitrogen and oxygen atoms in total. The average Bonchev–Trinajstić information content (AvgIpc) is 3.97. The van der Waals surface area contributed by atoms with E-state index < -0.39 is 28.7 Å².